The molecule has 0 aliphatic carbocycles. The first-order chi connectivity index (χ1) is 10.6. The van der Waals surface area contributed by atoms with Gasteiger partial charge >= 0.3 is 30.1 Å². The van der Waals surface area contributed by atoms with Crippen LogP contribution in [0.15, 0.2) is 12.1 Å². The quantitative estimate of drug-likeness (QED) is 0.483. The van der Waals surface area contributed by atoms with Crippen molar-refractivity contribution < 1.29 is 49.2 Å². The summed E-state index contributed by atoms with van der Waals surface area (Å²) in [7, 11) is 0. The van der Waals surface area contributed by atoms with Gasteiger partial charge in [0.25, 0.3) is 0 Å². The summed E-state index contributed by atoms with van der Waals surface area (Å²) in [6, 6.07) is -0.633. The molecular formula is C10H3F9N2O3. The Bertz CT molecular complexity index is 676. The summed E-state index contributed by atoms with van der Waals surface area (Å²) in [4.78, 5) is 19.5. The van der Waals surface area contributed by atoms with E-state index in [0.29, 0.717) is 5.32 Å². The first-order valence-electron chi connectivity index (χ1n) is 5.40. The van der Waals surface area contributed by atoms with Crippen LogP contribution in [0.25, 0.3) is 0 Å². The van der Waals surface area contributed by atoms with Crippen molar-refractivity contribution in [1.82, 2.24) is 0 Å². The number of anilines is 1. The van der Waals surface area contributed by atoms with Crippen LogP contribution in [0.2, 0.25) is 0 Å². The SMILES string of the molecule is O=C(Nc1c(C(F)(F)F)ccc(C(F)(F)F)c1[N+](=O)[O-])C(F)(F)F. The highest BCUT2D eigenvalue weighted by molar-refractivity contribution is 5.98. The Kier molecular flexibility index (Phi) is 4.74. The predicted molar refractivity (Wildman–Crippen MR) is 57.8 cm³/mol. The molecule has 24 heavy (non-hydrogen) atoms. The minimum atomic E-state index is -5.79. The molecular weight excluding hydrogens is 367 g/mol. The fourth-order valence-corrected chi connectivity index (χ4v) is 1.56. The summed E-state index contributed by atoms with van der Waals surface area (Å²) >= 11 is 0. The van der Waals surface area contributed by atoms with E-state index in [4.69, 9.17) is 0 Å². The zero-order valence-corrected chi connectivity index (χ0v) is 10.7. The van der Waals surface area contributed by atoms with Crippen molar-refractivity contribution in [3.63, 3.8) is 0 Å². The Labute approximate surface area is 125 Å². The van der Waals surface area contributed by atoms with Crippen molar-refractivity contribution in [2.75, 3.05) is 5.32 Å². The Balaban J connectivity index is 3.77. The number of benzene rings is 1. The van der Waals surface area contributed by atoms with Gasteiger partial charge in [-0.3, -0.25) is 14.9 Å². The van der Waals surface area contributed by atoms with E-state index in [1.807, 2.05) is 0 Å². The topological polar surface area (TPSA) is 72.2 Å². The minimum absolute atomic E-state index is 0.315. The fourth-order valence-electron chi connectivity index (χ4n) is 1.56. The zero-order chi connectivity index (χ0) is 19.1. The van der Waals surface area contributed by atoms with Gasteiger partial charge in [0.1, 0.15) is 11.3 Å². The molecule has 1 aromatic carbocycles. The number of carbonyl (C=O) groups excluding carboxylic acids is 1. The number of rotatable bonds is 2. The molecule has 0 fully saturated rings. The maximum absolute atomic E-state index is 12.7. The van der Waals surface area contributed by atoms with Gasteiger partial charge in [0.05, 0.1) is 10.5 Å². The second kappa shape index (κ2) is 5.83. The van der Waals surface area contributed by atoms with Gasteiger partial charge in [-0.15, -0.1) is 0 Å². The molecule has 0 spiro atoms. The summed E-state index contributed by atoms with van der Waals surface area (Å²) in [5, 5.41) is 11.2. The third-order valence-corrected chi connectivity index (χ3v) is 2.47. The molecule has 0 heterocycles. The molecule has 14 heteroatoms. The molecule has 0 unspecified atom stereocenters. The molecule has 0 radical (unpaired) electrons. The molecule has 0 saturated heterocycles. The highest BCUT2D eigenvalue weighted by Crippen LogP contribution is 2.46. The smallest absolute Gasteiger partial charge is 0.312 e. The highest BCUT2D eigenvalue weighted by atomic mass is 19.4. The predicted octanol–water partition coefficient (Wildman–Crippen LogP) is 4.13. The largest absolute Gasteiger partial charge is 0.471 e. The molecule has 1 amide bonds. The lowest BCUT2D eigenvalue weighted by atomic mass is 10.0. The number of hydrogen-bond acceptors (Lipinski definition) is 3. The lowest BCUT2D eigenvalue weighted by molar-refractivity contribution is -0.387. The first kappa shape index (κ1) is 19.5. The van der Waals surface area contributed by atoms with Crippen molar-refractivity contribution in [3.05, 3.63) is 33.4 Å². The summed E-state index contributed by atoms with van der Waals surface area (Å²) in [5.41, 5.74) is -9.09. The molecule has 1 aromatic rings. The van der Waals surface area contributed by atoms with Gasteiger partial charge in [-0.05, 0) is 12.1 Å². The van der Waals surface area contributed by atoms with Gasteiger partial charge in [-0.1, -0.05) is 0 Å². The van der Waals surface area contributed by atoms with Crippen LogP contribution in [-0.2, 0) is 17.1 Å². The number of amides is 1. The van der Waals surface area contributed by atoms with Gasteiger partial charge in [0.15, 0.2) is 0 Å². The van der Waals surface area contributed by atoms with E-state index in [0.717, 1.165) is 0 Å². The minimum Gasteiger partial charge on any atom is -0.312 e. The highest BCUT2D eigenvalue weighted by Gasteiger charge is 2.47. The van der Waals surface area contributed by atoms with E-state index in [-0.39, 0.29) is 12.1 Å². The molecule has 0 saturated carbocycles. The molecule has 0 atom stereocenters. The third kappa shape index (κ3) is 4.05. The van der Waals surface area contributed by atoms with Gasteiger partial charge in [0.2, 0.25) is 0 Å². The van der Waals surface area contributed by atoms with Crippen molar-refractivity contribution in [3.8, 4) is 0 Å². The average Bonchev–Trinajstić information content (AvgIpc) is 2.33. The fraction of sp³-hybridized carbons (Fsp3) is 0.300. The number of hydrogen-bond donors (Lipinski definition) is 1. The van der Waals surface area contributed by atoms with Gasteiger partial charge in [-0.2, -0.15) is 39.5 Å². The first-order valence-corrected chi connectivity index (χ1v) is 5.40. The number of nitro groups is 1. The second-order valence-electron chi connectivity index (χ2n) is 4.09. The molecule has 0 aliphatic rings. The van der Waals surface area contributed by atoms with Crippen LogP contribution >= 0.6 is 0 Å². The van der Waals surface area contributed by atoms with E-state index >= 15 is 0 Å². The van der Waals surface area contributed by atoms with Gasteiger partial charge < -0.3 is 5.32 Å². The van der Waals surface area contributed by atoms with Crippen molar-refractivity contribution in [2.45, 2.75) is 18.5 Å². The summed E-state index contributed by atoms with van der Waals surface area (Å²) < 4.78 is 113. The van der Waals surface area contributed by atoms with Crippen LogP contribution in [0.5, 0.6) is 0 Å². The van der Waals surface area contributed by atoms with Crippen LogP contribution in [0.3, 0.4) is 0 Å². The Hall–Kier alpha value is -2.54. The monoisotopic (exact) mass is 370 g/mol. The normalized spacial score (nSPS) is 12.9. The molecule has 0 bridgehead atoms. The Morgan fingerprint density at radius 1 is 0.917 bits per heavy atom. The van der Waals surface area contributed by atoms with E-state index in [2.05, 4.69) is 0 Å². The van der Waals surface area contributed by atoms with Crippen LogP contribution in [0.4, 0.5) is 50.9 Å². The second-order valence-corrected chi connectivity index (χ2v) is 4.09. The molecule has 134 valence electrons. The Morgan fingerprint density at radius 3 is 1.67 bits per heavy atom. The van der Waals surface area contributed by atoms with Gasteiger partial charge in [-0.25, -0.2) is 0 Å². The number of nitrogens with one attached hydrogen (secondary N) is 1. The number of alkyl halides is 9. The number of nitro benzene ring substituents is 1. The van der Waals surface area contributed by atoms with Crippen LogP contribution < -0.4 is 5.32 Å². The van der Waals surface area contributed by atoms with Crippen LogP contribution in [0.1, 0.15) is 11.1 Å². The average molecular weight is 370 g/mol. The number of carbonyl (C=O) groups is 1. The number of halogens is 9. The summed E-state index contributed by atoms with van der Waals surface area (Å²) in [5.74, 6) is -3.10. The van der Waals surface area contributed by atoms with Crippen molar-refractivity contribution in [1.29, 1.82) is 0 Å². The van der Waals surface area contributed by atoms with E-state index in [9.17, 15) is 54.4 Å². The molecule has 5 nitrogen and oxygen atoms in total. The molecule has 0 aliphatic heterocycles. The van der Waals surface area contributed by atoms with E-state index < -0.39 is 51.9 Å². The van der Waals surface area contributed by atoms with Crippen LogP contribution in [0, 0.1) is 10.1 Å². The van der Waals surface area contributed by atoms with E-state index in [1.54, 1.807) is 0 Å². The standard InChI is InChI=1S/C10H3F9N2O3/c11-8(12,13)3-1-2-4(9(14,15)16)6(21(23)24)5(3)20-7(22)10(17,18)19/h1-2H,(H,20,22). The summed E-state index contributed by atoms with van der Waals surface area (Å²) in [6.07, 6.45) is -16.9. The maximum atomic E-state index is 12.7. The molecule has 1 N–H and O–H groups in total. The van der Waals surface area contributed by atoms with Crippen LogP contribution in [-0.4, -0.2) is 17.0 Å². The molecule has 0 aromatic heterocycles. The van der Waals surface area contributed by atoms with E-state index in [1.165, 1.54) is 0 Å². The maximum Gasteiger partial charge on any atom is 0.471 e. The zero-order valence-electron chi connectivity index (χ0n) is 10.7. The van der Waals surface area contributed by atoms with Gasteiger partial charge in [0, 0.05) is 0 Å². The lowest BCUT2D eigenvalue weighted by Gasteiger charge is -2.17. The lowest BCUT2D eigenvalue weighted by Crippen LogP contribution is -2.31. The van der Waals surface area contributed by atoms with Crippen molar-refractivity contribution >= 4 is 17.3 Å². The summed E-state index contributed by atoms with van der Waals surface area (Å²) in [6.45, 7) is 0. The van der Waals surface area contributed by atoms with Crippen molar-refractivity contribution in [2.24, 2.45) is 0 Å². The number of nitrogens with zero attached hydrogens (tertiary/aromatic N) is 1. The third-order valence-electron chi connectivity index (χ3n) is 2.47. The Morgan fingerprint density at radius 2 is 1.33 bits per heavy atom. The molecule has 1 rings (SSSR count).